The zero-order valence-electron chi connectivity index (χ0n) is 5.96. The molecular weight excluding hydrogens is 223 g/mol. The van der Waals surface area contributed by atoms with Crippen molar-refractivity contribution in [2.45, 2.75) is 0 Å². The highest BCUT2D eigenvalue weighted by atomic mass is 79.9. The molecule has 0 aliphatic heterocycles. The zero-order valence-corrected chi connectivity index (χ0v) is 7.55. The van der Waals surface area contributed by atoms with Gasteiger partial charge in [0.05, 0.1) is 12.3 Å². The molecule has 1 rings (SSSR count). The molecule has 2 nitrogen and oxygen atoms in total. The maximum atomic E-state index is 12.8. The van der Waals surface area contributed by atoms with E-state index in [9.17, 15) is 4.39 Å². The van der Waals surface area contributed by atoms with Gasteiger partial charge in [0, 0.05) is 11.6 Å². The maximum Gasteiger partial charge on any atom is 0.148 e. The van der Waals surface area contributed by atoms with E-state index in [-0.39, 0.29) is 0 Å². The van der Waals surface area contributed by atoms with Crippen LogP contribution in [0.25, 0.3) is 6.08 Å². The van der Waals surface area contributed by atoms with E-state index in [2.05, 4.69) is 20.9 Å². The van der Waals surface area contributed by atoms with Crippen LogP contribution >= 0.6 is 15.9 Å². The molecule has 0 bridgehead atoms. The minimum atomic E-state index is -0.440. The first-order valence-electron chi connectivity index (χ1n) is 3.11. The highest BCUT2D eigenvalue weighted by molar-refractivity contribution is 9.10. The number of hydrogen-bond acceptors (Lipinski definition) is 2. The maximum absolute atomic E-state index is 12.8. The van der Waals surface area contributed by atoms with Gasteiger partial charge in [-0.2, -0.15) is 5.26 Å². The lowest BCUT2D eigenvalue weighted by atomic mass is 10.2. The van der Waals surface area contributed by atoms with E-state index in [1.54, 1.807) is 6.07 Å². The van der Waals surface area contributed by atoms with Crippen LogP contribution in [0.1, 0.15) is 5.56 Å². The first-order valence-corrected chi connectivity index (χ1v) is 3.90. The molecule has 0 aliphatic rings. The average Bonchev–Trinajstić information content (AvgIpc) is 2.07. The van der Waals surface area contributed by atoms with Gasteiger partial charge in [-0.3, -0.25) is 0 Å². The standard InChI is InChI=1S/C8H4BrFN2/c9-8-4-6(2-1-3-11)7(10)5-12-8/h1-2,4-5H. The molecule has 0 N–H and O–H groups in total. The van der Waals surface area contributed by atoms with Gasteiger partial charge in [-0.25, -0.2) is 9.37 Å². The molecule has 0 spiro atoms. The monoisotopic (exact) mass is 226 g/mol. The summed E-state index contributed by atoms with van der Waals surface area (Å²) in [4.78, 5) is 3.67. The fraction of sp³-hybridized carbons (Fsp3) is 0. The SMILES string of the molecule is N#CC=Cc1cc(Br)ncc1F. The summed E-state index contributed by atoms with van der Waals surface area (Å²) in [6.45, 7) is 0. The van der Waals surface area contributed by atoms with Crippen LogP contribution in [-0.4, -0.2) is 4.98 Å². The molecule has 12 heavy (non-hydrogen) atoms. The molecule has 0 unspecified atom stereocenters. The average molecular weight is 227 g/mol. The predicted molar refractivity (Wildman–Crippen MR) is 46.5 cm³/mol. The Morgan fingerprint density at radius 2 is 2.42 bits per heavy atom. The molecule has 0 aliphatic carbocycles. The Bertz CT molecular complexity index is 355. The predicted octanol–water partition coefficient (Wildman–Crippen LogP) is 2.52. The third-order valence-electron chi connectivity index (χ3n) is 1.19. The van der Waals surface area contributed by atoms with Crippen LogP contribution in [-0.2, 0) is 0 Å². The van der Waals surface area contributed by atoms with E-state index in [4.69, 9.17) is 5.26 Å². The normalized spacial score (nSPS) is 10.1. The third kappa shape index (κ3) is 2.14. The minimum Gasteiger partial charge on any atom is -0.246 e. The second-order valence-corrected chi connectivity index (χ2v) is 2.80. The zero-order chi connectivity index (χ0) is 8.97. The number of allylic oxidation sites excluding steroid dienone is 1. The number of nitriles is 1. The van der Waals surface area contributed by atoms with Gasteiger partial charge < -0.3 is 0 Å². The number of aromatic nitrogens is 1. The van der Waals surface area contributed by atoms with Crippen LogP contribution < -0.4 is 0 Å². The molecule has 1 heterocycles. The summed E-state index contributed by atoms with van der Waals surface area (Å²) >= 11 is 3.09. The highest BCUT2D eigenvalue weighted by Gasteiger charge is 1.98. The molecule has 0 amide bonds. The van der Waals surface area contributed by atoms with Gasteiger partial charge in [-0.05, 0) is 28.1 Å². The summed E-state index contributed by atoms with van der Waals surface area (Å²) in [6, 6.07) is 3.28. The number of hydrogen-bond donors (Lipinski definition) is 0. The fourth-order valence-electron chi connectivity index (χ4n) is 0.682. The van der Waals surface area contributed by atoms with Crippen LogP contribution in [0.3, 0.4) is 0 Å². The third-order valence-corrected chi connectivity index (χ3v) is 1.62. The molecule has 60 valence electrons. The number of rotatable bonds is 1. The lowest BCUT2D eigenvalue weighted by molar-refractivity contribution is 0.618. The van der Waals surface area contributed by atoms with Crippen LogP contribution in [0.2, 0.25) is 0 Å². The van der Waals surface area contributed by atoms with Crippen molar-refractivity contribution in [2.75, 3.05) is 0 Å². The Morgan fingerprint density at radius 3 is 3.08 bits per heavy atom. The van der Waals surface area contributed by atoms with Crippen molar-refractivity contribution in [2.24, 2.45) is 0 Å². The van der Waals surface area contributed by atoms with Gasteiger partial charge in [0.2, 0.25) is 0 Å². The summed E-state index contributed by atoms with van der Waals surface area (Å²) in [6.07, 6.45) is 3.70. The van der Waals surface area contributed by atoms with Crippen molar-refractivity contribution in [1.29, 1.82) is 5.26 Å². The van der Waals surface area contributed by atoms with Gasteiger partial charge in [-0.15, -0.1) is 0 Å². The molecule has 1 aromatic rings. The van der Waals surface area contributed by atoms with Crippen LogP contribution in [0.4, 0.5) is 4.39 Å². The van der Waals surface area contributed by atoms with Gasteiger partial charge in [0.1, 0.15) is 10.4 Å². The Balaban J connectivity index is 3.07. The van der Waals surface area contributed by atoms with Crippen molar-refractivity contribution in [3.8, 4) is 6.07 Å². The van der Waals surface area contributed by atoms with Crippen molar-refractivity contribution in [3.05, 3.63) is 34.3 Å². The molecule has 0 saturated carbocycles. The van der Waals surface area contributed by atoms with E-state index in [0.717, 1.165) is 6.20 Å². The molecule has 4 heteroatoms. The van der Waals surface area contributed by atoms with E-state index in [0.29, 0.717) is 10.2 Å². The minimum absolute atomic E-state index is 0.346. The molecule has 0 radical (unpaired) electrons. The van der Waals surface area contributed by atoms with Crippen LogP contribution in [0, 0.1) is 17.1 Å². The van der Waals surface area contributed by atoms with Crippen LogP contribution in [0.15, 0.2) is 22.9 Å². The first-order chi connectivity index (χ1) is 5.74. The number of nitrogens with zero attached hydrogens (tertiary/aromatic N) is 2. The topological polar surface area (TPSA) is 36.7 Å². The summed E-state index contributed by atoms with van der Waals surface area (Å²) < 4.78 is 13.4. The van der Waals surface area contributed by atoms with Gasteiger partial charge in [0.25, 0.3) is 0 Å². The van der Waals surface area contributed by atoms with E-state index in [1.165, 1.54) is 18.2 Å². The Kier molecular flexibility index (Phi) is 2.94. The lowest BCUT2D eigenvalue weighted by Crippen LogP contribution is -1.84. The van der Waals surface area contributed by atoms with Crippen molar-refractivity contribution in [3.63, 3.8) is 0 Å². The quantitative estimate of drug-likeness (QED) is 0.545. The van der Waals surface area contributed by atoms with Crippen molar-refractivity contribution >= 4 is 22.0 Å². The molecule has 0 saturated heterocycles. The van der Waals surface area contributed by atoms with E-state index >= 15 is 0 Å². The van der Waals surface area contributed by atoms with Gasteiger partial charge in [-0.1, -0.05) is 0 Å². The molecule has 0 aromatic carbocycles. The first kappa shape index (κ1) is 8.88. The largest absolute Gasteiger partial charge is 0.246 e. The summed E-state index contributed by atoms with van der Waals surface area (Å²) in [5.41, 5.74) is 0.346. The lowest BCUT2D eigenvalue weighted by Gasteiger charge is -1.94. The van der Waals surface area contributed by atoms with Crippen LogP contribution in [0.5, 0.6) is 0 Å². The van der Waals surface area contributed by atoms with Crippen molar-refractivity contribution in [1.82, 2.24) is 4.98 Å². The smallest absolute Gasteiger partial charge is 0.148 e. The molecular formula is C8H4BrFN2. The highest BCUT2D eigenvalue weighted by Crippen LogP contribution is 2.13. The Hall–Kier alpha value is -1.21. The Morgan fingerprint density at radius 1 is 1.67 bits per heavy atom. The summed E-state index contributed by atoms with van der Waals surface area (Å²) in [7, 11) is 0. The summed E-state index contributed by atoms with van der Waals surface area (Å²) in [5, 5.41) is 8.20. The second-order valence-electron chi connectivity index (χ2n) is 1.99. The van der Waals surface area contributed by atoms with Crippen molar-refractivity contribution < 1.29 is 4.39 Å². The summed E-state index contributed by atoms with van der Waals surface area (Å²) in [5.74, 6) is -0.440. The molecule has 0 fully saturated rings. The Labute approximate surface area is 77.5 Å². The fourth-order valence-corrected chi connectivity index (χ4v) is 1.03. The van der Waals surface area contributed by atoms with E-state index in [1.807, 2.05) is 0 Å². The number of halogens is 2. The number of pyridine rings is 1. The molecule has 1 aromatic heterocycles. The van der Waals surface area contributed by atoms with Gasteiger partial charge >= 0.3 is 0 Å². The van der Waals surface area contributed by atoms with Gasteiger partial charge in [0.15, 0.2) is 0 Å². The van der Waals surface area contributed by atoms with E-state index < -0.39 is 5.82 Å². The second kappa shape index (κ2) is 3.98. The molecule has 0 atom stereocenters.